The topological polar surface area (TPSA) is 279 Å². The number of nitrogens with zero attached hydrogens (tertiary/aromatic N) is 1. The number of hydrogen-bond acceptors (Lipinski definition) is 12. The summed E-state index contributed by atoms with van der Waals surface area (Å²) in [5, 5.41) is 10.2. The summed E-state index contributed by atoms with van der Waals surface area (Å²) >= 11 is 0. The standard InChI is InChI=1S/C16H30N3O15P3/c17-5-3-1-2-4-6-30-9-11-8-19(16(22)18-15(11)21)14-7-12(20)13(32-14)10-31-36(26,27)34-37(28,29)33-35(23,24)25/h8,12-14,20H,1-7,9-10,17H2,(H,26,27)(H,28,29)(H,18,21,22)(H2,23,24,25)/t12-,13+,14+/m0/s1. The number of nitrogens with one attached hydrogen (secondary N) is 1. The van der Waals surface area contributed by atoms with Gasteiger partial charge in [0.2, 0.25) is 0 Å². The third kappa shape index (κ3) is 11.3. The van der Waals surface area contributed by atoms with Crippen LogP contribution in [-0.4, -0.2) is 66.2 Å². The van der Waals surface area contributed by atoms with Crippen molar-refractivity contribution in [3.8, 4) is 0 Å². The number of phosphoric acid groups is 3. The first-order valence-electron chi connectivity index (χ1n) is 10.9. The van der Waals surface area contributed by atoms with Crippen molar-refractivity contribution >= 4 is 23.5 Å². The molecule has 2 heterocycles. The molecule has 2 unspecified atom stereocenters. The molecule has 1 saturated heterocycles. The van der Waals surface area contributed by atoms with Crippen molar-refractivity contribution in [1.29, 1.82) is 0 Å². The van der Waals surface area contributed by atoms with Gasteiger partial charge in [-0.2, -0.15) is 8.62 Å². The second-order valence-electron chi connectivity index (χ2n) is 7.90. The minimum Gasteiger partial charge on any atom is -0.390 e. The number of nitrogens with two attached hydrogens (primary N) is 1. The Hall–Kier alpha value is -1.07. The fraction of sp³-hybridized carbons (Fsp3) is 0.750. The highest BCUT2D eigenvalue weighted by Crippen LogP contribution is 2.66. The molecule has 1 aliphatic heterocycles. The second kappa shape index (κ2) is 13.8. The molecule has 0 spiro atoms. The molecule has 21 heteroatoms. The van der Waals surface area contributed by atoms with Gasteiger partial charge in [-0.1, -0.05) is 12.8 Å². The summed E-state index contributed by atoms with van der Waals surface area (Å²) in [4.78, 5) is 62.3. The largest absolute Gasteiger partial charge is 0.490 e. The van der Waals surface area contributed by atoms with Gasteiger partial charge < -0.3 is 39.9 Å². The Kier molecular flexibility index (Phi) is 12.0. The van der Waals surface area contributed by atoms with Crippen molar-refractivity contribution in [2.75, 3.05) is 19.8 Å². The van der Waals surface area contributed by atoms with Gasteiger partial charge in [-0.25, -0.2) is 18.5 Å². The van der Waals surface area contributed by atoms with E-state index in [-0.39, 0.29) is 18.6 Å². The van der Waals surface area contributed by atoms with E-state index in [9.17, 15) is 33.3 Å². The quantitative estimate of drug-likeness (QED) is 0.0939. The van der Waals surface area contributed by atoms with E-state index in [1.165, 1.54) is 6.20 Å². The predicted molar refractivity (Wildman–Crippen MR) is 123 cm³/mol. The van der Waals surface area contributed by atoms with Gasteiger partial charge in [0.25, 0.3) is 5.56 Å². The number of phosphoric ester groups is 1. The van der Waals surface area contributed by atoms with Crippen LogP contribution in [0.3, 0.4) is 0 Å². The van der Waals surface area contributed by atoms with Crippen LogP contribution < -0.4 is 17.0 Å². The van der Waals surface area contributed by atoms with Gasteiger partial charge in [-0.3, -0.25) is 18.9 Å². The molecule has 0 amide bonds. The van der Waals surface area contributed by atoms with Crippen molar-refractivity contribution < 1.29 is 61.0 Å². The van der Waals surface area contributed by atoms with Gasteiger partial charge in [-0.05, 0) is 19.4 Å². The molecule has 1 aliphatic rings. The van der Waals surface area contributed by atoms with Gasteiger partial charge >= 0.3 is 29.2 Å². The van der Waals surface area contributed by atoms with Crippen molar-refractivity contribution in [2.24, 2.45) is 5.73 Å². The van der Waals surface area contributed by atoms with Crippen LogP contribution in [0.4, 0.5) is 0 Å². The predicted octanol–water partition coefficient (Wildman–Crippen LogP) is -0.436. The fourth-order valence-corrected chi connectivity index (χ4v) is 6.26. The minimum atomic E-state index is -5.71. The number of aliphatic hydroxyl groups excluding tert-OH is 1. The molecule has 2 rings (SSSR count). The SMILES string of the molecule is NCCCCCCOCc1cn([C@H]2C[C@H](O)[C@@H](COP(=O)(O)OP(=O)(O)OP(=O)(O)O)O2)c(=O)[nH]c1=O. The lowest BCUT2D eigenvalue weighted by Crippen LogP contribution is -2.34. The number of aromatic amines is 1. The molecular formula is C16H30N3O15P3. The van der Waals surface area contributed by atoms with Crippen LogP contribution in [-0.2, 0) is 42.9 Å². The van der Waals surface area contributed by atoms with Crippen LogP contribution in [0.15, 0.2) is 15.8 Å². The summed E-state index contributed by atoms with van der Waals surface area (Å²) in [5.41, 5.74) is 4.00. The normalized spacial score (nSPS) is 23.6. The van der Waals surface area contributed by atoms with Crippen LogP contribution in [0, 0.1) is 0 Å². The van der Waals surface area contributed by atoms with Crippen LogP contribution >= 0.6 is 23.5 Å². The zero-order valence-electron chi connectivity index (χ0n) is 19.4. The number of rotatable bonds is 16. The molecule has 0 aliphatic carbocycles. The Morgan fingerprint density at radius 3 is 2.38 bits per heavy atom. The maximum Gasteiger partial charge on any atom is 0.490 e. The summed E-state index contributed by atoms with van der Waals surface area (Å²) in [6.45, 7) is -0.0177. The Labute approximate surface area is 209 Å². The smallest absolute Gasteiger partial charge is 0.390 e. The highest BCUT2D eigenvalue weighted by molar-refractivity contribution is 7.66. The molecule has 8 N–H and O–H groups in total. The Morgan fingerprint density at radius 2 is 1.73 bits per heavy atom. The highest BCUT2D eigenvalue weighted by atomic mass is 31.3. The number of hydrogen-bond donors (Lipinski definition) is 7. The molecule has 18 nitrogen and oxygen atoms in total. The average molecular weight is 597 g/mol. The third-order valence-corrected chi connectivity index (χ3v) is 8.68. The molecule has 0 aromatic carbocycles. The highest BCUT2D eigenvalue weighted by Gasteiger charge is 2.43. The van der Waals surface area contributed by atoms with Crippen molar-refractivity contribution in [3.05, 3.63) is 32.6 Å². The number of aliphatic hydroxyl groups is 1. The van der Waals surface area contributed by atoms with Crippen molar-refractivity contribution in [1.82, 2.24) is 9.55 Å². The van der Waals surface area contributed by atoms with Gasteiger partial charge in [0.15, 0.2) is 0 Å². The van der Waals surface area contributed by atoms with Gasteiger partial charge in [-0.15, -0.1) is 0 Å². The molecule has 214 valence electrons. The lowest BCUT2D eigenvalue weighted by atomic mass is 10.2. The maximum atomic E-state index is 12.3. The van der Waals surface area contributed by atoms with E-state index in [0.717, 1.165) is 30.3 Å². The average Bonchev–Trinajstić information content (AvgIpc) is 3.10. The first-order chi connectivity index (χ1) is 17.1. The summed E-state index contributed by atoms with van der Waals surface area (Å²) < 4.78 is 57.5. The number of aromatic nitrogens is 2. The molecule has 1 aromatic rings. The molecule has 5 atom stereocenters. The monoisotopic (exact) mass is 597 g/mol. The van der Waals surface area contributed by atoms with Crippen molar-refractivity contribution in [2.45, 2.75) is 57.1 Å². The first kappa shape index (κ1) is 32.1. The third-order valence-electron chi connectivity index (χ3n) is 4.87. The zero-order valence-corrected chi connectivity index (χ0v) is 22.0. The summed E-state index contributed by atoms with van der Waals surface area (Å²) in [6.07, 6.45) is 0.663. The van der Waals surface area contributed by atoms with Crippen LogP contribution in [0.2, 0.25) is 0 Å². The van der Waals surface area contributed by atoms with Crippen LogP contribution in [0.1, 0.15) is 43.9 Å². The number of ether oxygens (including phenoxy) is 2. The number of unbranched alkanes of at least 4 members (excludes halogenated alkanes) is 3. The maximum absolute atomic E-state index is 12.3. The molecule has 0 radical (unpaired) electrons. The minimum absolute atomic E-state index is 0.1000. The van der Waals surface area contributed by atoms with E-state index < -0.39 is 59.8 Å². The second-order valence-corrected chi connectivity index (χ2v) is 12.3. The zero-order chi connectivity index (χ0) is 27.9. The number of H-pyrrole nitrogens is 1. The summed E-state index contributed by atoms with van der Waals surface area (Å²) in [7, 11) is -16.7. The van der Waals surface area contributed by atoms with E-state index in [4.69, 9.17) is 29.9 Å². The Bertz CT molecular complexity index is 1150. The summed E-state index contributed by atoms with van der Waals surface area (Å²) in [5.74, 6) is 0. The lowest BCUT2D eigenvalue weighted by Gasteiger charge is -2.19. The molecular weight excluding hydrogens is 567 g/mol. The van der Waals surface area contributed by atoms with Gasteiger partial charge in [0, 0.05) is 19.2 Å². The van der Waals surface area contributed by atoms with Crippen LogP contribution in [0.5, 0.6) is 0 Å². The van der Waals surface area contributed by atoms with E-state index >= 15 is 0 Å². The van der Waals surface area contributed by atoms with Crippen LogP contribution in [0.25, 0.3) is 0 Å². The lowest BCUT2D eigenvalue weighted by molar-refractivity contribution is -0.0452. The first-order valence-corrected chi connectivity index (χ1v) is 15.4. The van der Waals surface area contributed by atoms with E-state index in [1.807, 2.05) is 0 Å². The Morgan fingerprint density at radius 1 is 1.05 bits per heavy atom. The molecule has 1 aromatic heterocycles. The van der Waals surface area contributed by atoms with E-state index in [2.05, 4.69) is 18.1 Å². The van der Waals surface area contributed by atoms with Gasteiger partial charge in [0.1, 0.15) is 12.3 Å². The van der Waals surface area contributed by atoms with Gasteiger partial charge in [0.05, 0.1) is 24.9 Å². The molecule has 1 fully saturated rings. The van der Waals surface area contributed by atoms with E-state index in [1.54, 1.807) is 0 Å². The van der Waals surface area contributed by atoms with Crippen molar-refractivity contribution in [3.63, 3.8) is 0 Å². The molecule has 0 bridgehead atoms. The molecule has 0 saturated carbocycles. The fourth-order valence-electron chi connectivity index (χ4n) is 3.23. The molecule has 37 heavy (non-hydrogen) atoms. The summed E-state index contributed by atoms with van der Waals surface area (Å²) in [6, 6.07) is 0. The Balaban J connectivity index is 1.97. The van der Waals surface area contributed by atoms with E-state index in [0.29, 0.717) is 13.2 Å².